The molecule has 0 unspecified atom stereocenters. The number of esters is 1. The second-order valence-corrected chi connectivity index (χ2v) is 6.15. The van der Waals surface area contributed by atoms with Gasteiger partial charge in [0.2, 0.25) is 5.43 Å². The first kappa shape index (κ1) is 16.0. The van der Waals surface area contributed by atoms with E-state index in [1.54, 1.807) is 38.1 Å². The van der Waals surface area contributed by atoms with Crippen molar-refractivity contribution in [3.63, 3.8) is 0 Å². The number of fused-ring (bicyclic) bond motifs is 4. The first-order valence-electron chi connectivity index (χ1n) is 8.04. The molecule has 1 aromatic carbocycles. The van der Waals surface area contributed by atoms with Crippen molar-refractivity contribution >= 4 is 28.0 Å². The van der Waals surface area contributed by atoms with Gasteiger partial charge in [-0.1, -0.05) is 12.1 Å². The van der Waals surface area contributed by atoms with Crippen LogP contribution in [-0.4, -0.2) is 22.0 Å². The summed E-state index contributed by atoms with van der Waals surface area (Å²) in [6.07, 6.45) is -0.350. The van der Waals surface area contributed by atoms with Gasteiger partial charge in [0, 0.05) is 12.1 Å². The average Bonchev–Trinajstić information content (AvgIpc) is 2.59. The Hall–Kier alpha value is -3.48. The highest BCUT2D eigenvalue weighted by Gasteiger charge is 2.21. The van der Waals surface area contributed by atoms with E-state index >= 15 is 0 Å². The fraction of sp³-hybridized carbons (Fsp3) is 0.158. The van der Waals surface area contributed by atoms with Crippen molar-refractivity contribution in [1.29, 1.82) is 0 Å². The van der Waals surface area contributed by atoms with Gasteiger partial charge in [-0.05, 0) is 26.0 Å². The number of carbonyl (C=O) groups excluding carboxylic acids is 1. The summed E-state index contributed by atoms with van der Waals surface area (Å²) in [6.45, 7) is 3.39. The van der Waals surface area contributed by atoms with E-state index in [2.05, 4.69) is 9.97 Å². The van der Waals surface area contributed by atoms with Crippen LogP contribution in [0.3, 0.4) is 0 Å². The van der Waals surface area contributed by atoms with Crippen molar-refractivity contribution in [2.45, 2.75) is 20.0 Å². The highest BCUT2D eigenvalue weighted by Crippen LogP contribution is 2.27. The maximum absolute atomic E-state index is 12.6. The van der Waals surface area contributed by atoms with E-state index in [4.69, 9.17) is 9.15 Å². The zero-order chi connectivity index (χ0) is 18.4. The zero-order valence-electron chi connectivity index (χ0n) is 14.0. The van der Waals surface area contributed by atoms with E-state index in [-0.39, 0.29) is 34.2 Å². The summed E-state index contributed by atoms with van der Waals surface area (Å²) in [4.78, 5) is 44.4. The van der Waals surface area contributed by atoms with Crippen molar-refractivity contribution < 1.29 is 13.9 Å². The molecule has 26 heavy (non-hydrogen) atoms. The molecule has 2 heterocycles. The molecule has 2 aliphatic rings. The lowest BCUT2D eigenvalue weighted by atomic mass is 10.1. The van der Waals surface area contributed by atoms with Gasteiger partial charge in [-0.25, -0.2) is 9.78 Å². The van der Waals surface area contributed by atoms with Crippen LogP contribution in [0.2, 0.25) is 0 Å². The monoisotopic (exact) mass is 350 g/mol. The van der Waals surface area contributed by atoms with E-state index < -0.39 is 16.8 Å². The van der Waals surface area contributed by atoms with E-state index in [0.29, 0.717) is 11.1 Å². The molecule has 0 atom stereocenters. The van der Waals surface area contributed by atoms with Crippen LogP contribution in [-0.2, 0) is 4.74 Å². The van der Waals surface area contributed by atoms with E-state index in [1.807, 2.05) is 0 Å². The Labute approximate surface area is 146 Å². The molecule has 1 aromatic heterocycles. The number of rotatable bonds is 2. The van der Waals surface area contributed by atoms with Crippen LogP contribution >= 0.6 is 0 Å². The summed E-state index contributed by atoms with van der Waals surface area (Å²) < 4.78 is 10.8. The van der Waals surface area contributed by atoms with Crippen LogP contribution < -0.4 is 10.9 Å². The minimum atomic E-state index is -0.699. The molecule has 1 aliphatic carbocycles. The molecule has 7 nitrogen and oxygen atoms in total. The molecule has 1 aliphatic heterocycles. The Balaban J connectivity index is 2.06. The van der Waals surface area contributed by atoms with Gasteiger partial charge >= 0.3 is 5.97 Å². The summed E-state index contributed by atoms with van der Waals surface area (Å²) in [5, 5.41) is 0.0862. The number of aromatic amines is 1. The SMILES string of the molecule is CC(C)OC(=O)c1cc(=O)c2c3nc4ccccc4oc-3cc(=O)c2[nH]1. The number of hydrogen-bond donors (Lipinski definition) is 1. The fourth-order valence-electron chi connectivity index (χ4n) is 2.81. The number of nitrogens with zero attached hydrogens (tertiary/aromatic N) is 1. The molecule has 0 fully saturated rings. The summed E-state index contributed by atoms with van der Waals surface area (Å²) in [6, 6.07) is 9.43. The Morgan fingerprint density at radius 1 is 1.15 bits per heavy atom. The number of hydrogen-bond acceptors (Lipinski definition) is 6. The van der Waals surface area contributed by atoms with Crippen molar-refractivity contribution in [3.05, 3.63) is 62.5 Å². The minimum absolute atomic E-state index is 0.00122. The maximum atomic E-state index is 12.6. The van der Waals surface area contributed by atoms with Crippen molar-refractivity contribution in [1.82, 2.24) is 9.97 Å². The first-order chi connectivity index (χ1) is 12.4. The van der Waals surface area contributed by atoms with Gasteiger partial charge in [0.25, 0.3) is 0 Å². The molecule has 0 saturated heterocycles. The van der Waals surface area contributed by atoms with Gasteiger partial charge < -0.3 is 14.1 Å². The molecular weight excluding hydrogens is 336 g/mol. The predicted molar refractivity (Wildman–Crippen MR) is 95.6 cm³/mol. The third-order valence-corrected chi connectivity index (χ3v) is 3.89. The number of H-pyrrole nitrogens is 1. The van der Waals surface area contributed by atoms with Crippen LogP contribution in [0.25, 0.3) is 33.5 Å². The second-order valence-electron chi connectivity index (χ2n) is 6.15. The molecule has 0 saturated carbocycles. The van der Waals surface area contributed by atoms with Crippen LogP contribution in [0, 0.1) is 0 Å². The zero-order valence-corrected chi connectivity index (χ0v) is 14.0. The highest BCUT2D eigenvalue weighted by atomic mass is 16.5. The molecule has 4 rings (SSSR count). The first-order valence-corrected chi connectivity index (χ1v) is 8.04. The third kappa shape index (κ3) is 2.54. The molecule has 7 heteroatoms. The summed E-state index contributed by atoms with van der Waals surface area (Å²) in [5.41, 5.74) is 0.280. The van der Waals surface area contributed by atoms with Crippen molar-refractivity contribution in [2.75, 3.05) is 0 Å². The molecular formula is C19H14N2O5. The standard InChI is InChI=1S/C19H14N2O5/c1-9(2)25-19(24)11-7-12(22)16-17(21-11)13(23)8-15-18(16)20-10-5-3-4-6-14(10)26-15/h3-9H,1-2H3,(H,21,22). The highest BCUT2D eigenvalue weighted by molar-refractivity contribution is 5.97. The van der Waals surface area contributed by atoms with Gasteiger partial charge in [0.1, 0.15) is 22.4 Å². The molecule has 130 valence electrons. The van der Waals surface area contributed by atoms with Crippen LogP contribution in [0.4, 0.5) is 0 Å². The quantitative estimate of drug-likeness (QED) is 0.339. The number of ether oxygens (including phenoxy) is 1. The Morgan fingerprint density at radius 2 is 1.92 bits per heavy atom. The van der Waals surface area contributed by atoms with E-state index in [9.17, 15) is 14.4 Å². The lowest BCUT2D eigenvalue weighted by molar-refractivity contribution is 0.0371. The predicted octanol–water partition coefficient (Wildman–Crippen LogP) is 2.70. The number of aromatic nitrogens is 2. The second kappa shape index (κ2) is 5.80. The lowest BCUT2D eigenvalue weighted by Gasteiger charge is -2.11. The average molecular weight is 350 g/mol. The van der Waals surface area contributed by atoms with Gasteiger partial charge in [-0.2, -0.15) is 0 Å². The lowest BCUT2D eigenvalue weighted by Crippen LogP contribution is -2.19. The number of para-hydroxylation sites is 2. The van der Waals surface area contributed by atoms with Gasteiger partial charge in [0.15, 0.2) is 16.8 Å². The number of benzene rings is 2. The summed E-state index contributed by atoms with van der Waals surface area (Å²) >= 11 is 0. The van der Waals surface area contributed by atoms with Crippen LogP contribution in [0.15, 0.2) is 50.4 Å². The third-order valence-electron chi connectivity index (χ3n) is 3.89. The van der Waals surface area contributed by atoms with E-state index in [0.717, 1.165) is 6.07 Å². The number of carbonyl (C=O) groups is 1. The number of nitrogens with one attached hydrogen (secondary N) is 1. The van der Waals surface area contributed by atoms with Gasteiger partial charge in [0.05, 0.1) is 11.5 Å². The van der Waals surface area contributed by atoms with Gasteiger partial charge in [-0.15, -0.1) is 0 Å². The molecule has 1 N–H and O–H groups in total. The smallest absolute Gasteiger partial charge is 0.355 e. The van der Waals surface area contributed by atoms with Crippen LogP contribution in [0.5, 0.6) is 0 Å². The van der Waals surface area contributed by atoms with Crippen LogP contribution in [0.1, 0.15) is 24.3 Å². The fourth-order valence-corrected chi connectivity index (χ4v) is 2.81. The normalized spacial score (nSPS) is 11.5. The Morgan fingerprint density at radius 3 is 2.69 bits per heavy atom. The topological polar surface area (TPSA) is 102 Å². The molecule has 2 aromatic rings. The molecule has 0 radical (unpaired) electrons. The van der Waals surface area contributed by atoms with Crippen molar-refractivity contribution in [2.24, 2.45) is 0 Å². The Bertz CT molecular complexity index is 1250. The maximum Gasteiger partial charge on any atom is 0.355 e. The molecule has 0 amide bonds. The largest absolute Gasteiger partial charge is 0.458 e. The Kier molecular flexibility index (Phi) is 3.57. The molecule has 0 bridgehead atoms. The van der Waals surface area contributed by atoms with Gasteiger partial charge in [-0.3, -0.25) is 9.59 Å². The summed E-state index contributed by atoms with van der Waals surface area (Å²) in [5.74, 6) is -0.487. The molecule has 0 spiro atoms. The number of pyridine rings is 1. The van der Waals surface area contributed by atoms with Crippen molar-refractivity contribution in [3.8, 4) is 11.5 Å². The minimum Gasteiger partial charge on any atom is -0.458 e. The summed E-state index contributed by atoms with van der Waals surface area (Å²) in [7, 11) is 0. The van der Waals surface area contributed by atoms with E-state index in [1.165, 1.54) is 6.07 Å².